The van der Waals surface area contributed by atoms with Gasteiger partial charge in [0.2, 0.25) is 0 Å². The minimum absolute atomic E-state index is 0.176. The molecular weight excluding hydrogens is 621 g/mol. The first kappa shape index (κ1) is 33.6. The number of hydrogen-bond donors (Lipinski definition) is 1. The van der Waals surface area contributed by atoms with Crippen molar-refractivity contribution in [1.29, 1.82) is 0 Å². The van der Waals surface area contributed by atoms with Gasteiger partial charge in [0.25, 0.3) is 0 Å². The van der Waals surface area contributed by atoms with Gasteiger partial charge in [-0.15, -0.1) is 0 Å². The van der Waals surface area contributed by atoms with Crippen molar-refractivity contribution in [2.75, 3.05) is 11.4 Å². The first-order valence-electron chi connectivity index (χ1n) is 11.7. The van der Waals surface area contributed by atoms with Gasteiger partial charge in [-0.1, -0.05) is 30.3 Å². The number of halogens is 13. The number of alkyl halides is 13. The molecule has 0 amide bonds. The summed E-state index contributed by atoms with van der Waals surface area (Å²) in [5.41, 5.74) is -1.95. The maximum atomic E-state index is 13.9. The van der Waals surface area contributed by atoms with Crippen molar-refractivity contribution in [3.8, 4) is 17.2 Å². The van der Waals surface area contributed by atoms with E-state index in [2.05, 4.69) is 4.74 Å². The third kappa shape index (κ3) is 8.36. The van der Waals surface area contributed by atoms with Gasteiger partial charge in [-0.3, -0.25) is 0 Å². The number of ether oxygens (including phenoxy) is 2. The zero-order valence-electron chi connectivity index (χ0n) is 21.0. The van der Waals surface area contributed by atoms with Crippen LogP contribution < -0.4 is 14.4 Å². The lowest BCUT2D eigenvalue weighted by Gasteiger charge is -2.29. The van der Waals surface area contributed by atoms with E-state index in [1.54, 1.807) is 0 Å². The van der Waals surface area contributed by atoms with Gasteiger partial charge in [0.1, 0.15) is 17.2 Å². The third-order valence-electron chi connectivity index (χ3n) is 5.59. The largest absolute Gasteiger partial charge is 0.499 e. The summed E-state index contributed by atoms with van der Waals surface area (Å²) in [4.78, 5) is 0.791. The maximum Gasteiger partial charge on any atom is 0.499 e. The highest BCUT2D eigenvalue weighted by Gasteiger charge is 2.61. The zero-order valence-corrected chi connectivity index (χ0v) is 21.0. The lowest BCUT2D eigenvalue weighted by Crippen LogP contribution is -2.41. The fourth-order valence-corrected chi connectivity index (χ4v) is 3.51. The molecule has 0 saturated carbocycles. The summed E-state index contributed by atoms with van der Waals surface area (Å²) in [5.74, 6) is -6.81. The molecule has 1 N–H and O–H groups in total. The van der Waals surface area contributed by atoms with Gasteiger partial charge in [-0.2, -0.15) is 57.1 Å². The molecule has 0 spiro atoms. The van der Waals surface area contributed by atoms with E-state index >= 15 is 0 Å². The lowest BCUT2D eigenvalue weighted by molar-refractivity contribution is -0.360. The van der Waals surface area contributed by atoms with E-state index in [1.165, 1.54) is 18.2 Å². The Morgan fingerprint density at radius 3 is 1.79 bits per heavy atom. The van der Waals surface area contributed by atoms with E-state index in [0.29, 0.717) is 18.2 Å². The molecule has 3 aromatic rings. The number of anilines is 1. The standard InChI is InChI=1S/C26H18F13NO3/c27-22(28,24(32,33)34)16-5-1-4-15(10-16)13-40(14-21(41)23(29,30)31)17-6-2-7-18(11-17)42-19-8-3-9-20(12-19)43-26(38,39)25(35,36)37/h1-12,21,41H,13-14H2. The van der Waals surface area contributed by atoms with Crippen molar-refractivity contribution in [2.24, 2.45) is 0 Å². The summed E-state index contributed by atoms with van der Waals surface area (Å²) < 4.78 is 179. The molecule has 0 aromatic heterocycles. The molecule has 0 heterocycles. The highest BCUT2D eigenvalue weighted by atomic mass is 19.4. The fraction of sp³-hybridized carbons (Fsp3) is 0.308. The van der Waals surface area contributed by atoms with E-state index in [4.69, 9.17) is 4.74 Å². The summed E-state index contributed by atoms with van der Waals surface area (Å²) in [7, 11) is 0. The van der Waals surface area contributed by atoms with Gasteiger partial charge in [-0.25, -0.2) is 0 Å². The Morgan fingerprint density at radius 1 is 0.651 bits per heavy atom. The SMILES string of the molecule is OC(CN(Cc1cccc(C(F)(F)C(F)(F)F)c1)c1cccc(Oc2cccc(OC(F)(F)C(F)(F)F)c2)c1)C(F)(F)F. The molecule has 0 saturated heterocycles. The van der Waals surface area contributed by atoms with Gasteiger partial charge >= 0.3 is 30.6 Å². The number of benzene rings is 3. The highest BCUT2D eigenvalue weighted by Crippen LogP contribution is 2.44. The molecule has 1 unspecified atom stereocenters. The molecule has 0 aliphatic heterocycles. The van der Waals surface area contributed by atoms with Gasteiger partial charge < -0.3 is 19.5 Å². The fourth-order valence-electron chi connectivity index (χ4n) is 3.51. The number of aliphatic hydroxyl groups is 1. The number of hydrogen-bond acceptors (Lipinski definition) is 4. The van der Waals surface area contributed by atoms with E-state index in [0.717, 1.165) is 41.3 Å². The average Bonchev–Trinajstić information content (AvgIpc) is 2.86. The van der Waals surface area contributed by atoms with Crippen LogP contribution in [-0.2, 0) is 12.5 Å². The Balaban J connectivity index is 1.92. The Hall–Kier alpha value is -3.89. The summed E-state index contributed by atoms with van der Waals surface area (Å²) >= 11 is 0. The molecule has 43 heavy (non-hydrogen) atoms. The second kappa shape index (κ2) is 12.0. The number of rotatable bonds is 10. The Labute approximate surface area is 233 Å². The van der Waals surface area contributed by atoms with Crippen LogP contribution in [0, 0.1) is 0 Å². The van der Waals surface area contributed by atoms with Gasteiger partial charge in [0.05, 0.1) is 6.54 Å². The molecule has 3 aromatic carbocycles. The minimum Gasteiger partial charge on any atom is -0.457 e. The summed E-state index contributed by atoms with van der Waals surface area (Å²) in [5, 5.41) is 9.65. The van der Waals surface area contributed by atoms with Crippen molar-refractivity contribution in [3.63, 3.8) is 0 Å². The van der Waals surface area contributed by atoms with Crippen LogP contribution in [0.25, 0.3) is 0 Å². The number of nitrogens with zero attached hydrogens (tertiary/aromatic N) is 1. The predicted molar refractivity (Wildman–Crippen MR) is 124 cm³/mol. The van der Waals surface area contributed by atoms with E-state index in [-0.39, 0.29) is 22.7 Å². The molecule has 4 nitrogen and oxygen atoms in total. The Bertz CT molecular complexity index is 1390. The van der Waals surface area contributed by atoms with Gasteiger partial charge in [-0.05, 0) is 35.9 Å². The minimum atomic E-state index is -6.04. The molecule has 236 valence electrons. The van der Waals surface area contributed by atoms with Crippen molar-refractivity contribution in [1.82, 2.24) is 0 Å². The molecule has 0 fully saturated rings. The first-order valence-corrected chi connectivity index (χ1v) is 11.7. The molecule has 1 atom stereocenters. The monoisotopic (exact) mass is 639 g/mol. The van der Waals surface area contributed by atoms with Crippen LogP contribution in [0.4, 0.5) is 62.8 Å². The molecule has 3 rings (SSSR count). The smallest absolute Gasteiger partial charge is 0.457 e. The molecule has 0 bridgehead atoms. The van der Waals surface area contributed by atoms with Crippen LogP contribution in [-0.4, -0.2) is 42.4 Å². The molecule has 0 aliphatic rings. The average molecular weight is 639 g/mol. The third-order valence-corrected chi connectivity index (χ3v) is 5.59. The van der Waals surface area contributed by atoms with Gasteiger partial charge in [0, 0.05) is 29.9 Å². The second-order valence-corrected chi connectivity index (χ2v) is 8.90. The highest BCUT2D eigenvalue weighted by molar-refractivity contribution is 5.52. The normalized spacial score (nSPS) is 13.9. The Kier molecular flexibility index (Phi) is 9.39. The first-order chi connectivity index (χ1) is 19.6. The van der Waals surface area contributed by atoms with Crippen molar-refractivity contribution in [3.05, 3.63) is 83.9 Å². The summed E-state index contributed by atoms with van der Waals surface area (Å²) in [6.45, 7) is -1.93. The molecule has 0 aliphatic carbocycles. The molecule has 17 heteroatoms. The van der Waals surface area contributed by atoms with Crippen LogP contribution in [0.5, 0.6) is 17.2 Å². The zero-order chi connectivity index (χ0) is 32.4. The summed E-state index contributed by atoms with van der Waals surface area (Å²) in [6, 6.07) is 10.9. The van der Waals surface area contributed by atoms with Crippen LogP contribution in [0.1, 0.15) is 11.1 Å². The Morgan fingerprint density at radius 2 is 1.21 bits per heavy atom. The van der Waals surface area contributed by atoms with Gasteiger partial charge in [0.15, 0.2) is 6.10 Å². The van der Waals surface area contributed by atoms with Crippen molar-refractivity contribution >= 4 is 5.69 Å². The quantitative estimate of drug-likeness (QED) is 0.226. The van der Waals surface area contributed by atoms with Crippen molar-refractivity contribution in [2.45, 2.75) is 43.2 Å². The molecule has 0 radical (unpaired) electrons. The van der Waals surface area contributed by atoms with E-state index in [1.807, 2.05) is 0 Å². The van der Waals surface area contributed by atoms with E-state index in [9.17, 15) is 62.2 Å². The van der Waals surface area contributed by atoms with Crippen LogP contribution in [0.2, 0.25) is 0 Å². The maximum absolute atomic E-state index is 13.9. The molecular formula is C26H18F13NO3. The topological polar surface area (TPSA) is 41.9 Å². The number of aliphatic hydroxyl groups excluding tert-OH is 1. The van der Waals surface area contributed by atoms with Crippen LogP contribution >= 0.6 is 0 Å². The van der Waals surface area contributed by atoms with E-state index < -0.39 is 61.1 Å². The van der Waals surface area contributed by atoms with Crippen LogP contribution in [0.3, 0.4) is 0 Å². The lowest BCUT2D eigenvalue weighted by atomic mass is 10.0. The van der Waals surface area contributed by atoms with Crippen molar-refractivity contribution < 1.29 is 71.7 Å². The predicted octanol–water partition coefficient (Wildman–Crippen LogP) is 8.60. The second-order valence-electron chi connectivity index (χ2n) is 8.90. The summed E-state index contributed by atoms with van der Waals surface area (Å²) in [6.07, 6.45) is -25.7. The van der Waals surface area contributed by atoms with Crippen LogP contribution in [0.15, 0.2) is 72.8 Å².